The van der Waals surface area contributed by atoms with Crippen molar-refractivity contribution >= 4 is 29.2 Å². The summed E-state index contributed by atoms with van der Waals surface area (Å²) in [5, 5.41) is 6.41. The lowest BCUT2D eigenvalue weighted by atomic mass is 9.91. The van der Waals surface area contributed by atoms with E-state index < -0.39 is 33.4 Å². The van der Waals surface area contributed by atoms with Gasteiger partial charge in [-0.3, -0.25) is 5.73 Å². The summed E-state index contributed by atoms with van der Waals surface area (Å²) in [6, 6.07) is 1.27. The highest BCUT2D eigenvalue weighted by molar-refractivity contribution is 6.36. The minimum Gasteiger partial charge on any atom is -0.464 e. The number of alkyl halides is 3. The number of halogens is 5. The van der Waals surface area contributed by atoms with Crippen molar-refractivity contribution in [1.29, 1.82) is 0 Å². The summed E-state index contributed by atoms with van der Waals surface area (Å²) >= 11 is 11.8. The monoisotopic (exact) mass is 377 g/mol. The number of azo groups is 1. The first-order valence-electron chi connectivity index (χ1n) is 6.14. The van der Waals surface area contributed by atoms with E-state index in [1.54, 1.807) is 0 Å². The van der Waals surface area contributed by atoms with Gasteiger partial charge in [0.05, 0.1) is 28.3 Å². The van der Waals surface area contributed by atoms with E-state index in [0.717, 1.165) is 7.11 Å². The van der Waals surface area contributed by atoms with E-state index in [9.17, 15) is 18.0 Å². The molecule has 126 valence electrons. The number of ether oxygens (including phenoxy) is 1. The first-order valence-corrected chi connectivity index (χ1v) is 6.90. The first-order chi connectivity index (χ1) is 11.1. The molecule has 1 aromatic rings. The number of terminal acetylenes is 1. The maximum absolute atomic E-state index is 12.8. The van der Waals surface area contributed by atoms with Crippen molar-refractivity contribution in [2.24, 2.45) is 16.0 Å². The number of hydrogen-bond donors (Lipinski definition) is 1. The van der Waals surface area contributed by atoms with Crippen molar-refractivity contribution in [1.82, 2.24) is 0 Å². The Labute approximate surface area is 144 Å². The number of carbonyl (C=O) groups excluding carboxylic acids is 1. The van der Waals surface area contributed by atoms with Crippen LogP contribution in [0.2, 0.25) is 10.0 Å². The van der Waals surface area contributed by atoms with Gasteiger partial charge in [0.2, 0.25) is 0 Å². The lowest BCUT2D eigenvalue weighted by molar-refractivity contribution is -0.138. The summed E-state index contributed by atoms with van der Waals surface area (Å²) in [5.74, 6) is 1.24. The van der Waals surface area contributed by atoms with Crippen molar-refractivity contribution in [3.63, 3.8) is 0 Å². The molecule has 10 heteroatoms. The molecule has 0 aromatic heterocycles. The minimum absolute atomic E-state index is 0.200. The van der Waals surface area contributed by atoms with Gasteiger partial charge in [-0.1, -0.05) is 29.1 Å². The van der Waals surface area contributed by atoms with E-state index in [1.807, 2.05) is 0 Å². The minimum atomic E-state index is -4.66. The average molecular weight is 378 g/mol. The molecule has 1 aliphatic heterocycles. The molecular formula is C14H8Cl2F3N3O2. The number of esters is 1. The number of hydrogen-bond acceptors (Lipinski definition) is 5. The number of nitrogens with zero attached hydrogens (tertiary/aromatic N) is 2. The van der Waals surface area contributed by atoms with Crippen molar-refractivity contribution < 1.29 is 22.7 Å². The zero-order valence-corrected chi connectivity index (χ0v) is 13.4. The number of nitrogens with two attached hydrogens (primary N) is 1. The number of carbonyl (C=O) groups is 1. The molecule has 1 atom stereocenters. The molecule has 1 unspecified atom stereocenters. The Hall–Kier alpha value is -2.08. The third-order valence-corrected chi connectivity index (χ3v) is 3.80. The predicted molar refractivity (Wildman–Crippen MR) is 80.1 cm³/mol. The van der Waals surface area contributed by atoms with Gasteiger partial charge in [-0.2, -0.15) is 18.3 Å². The summed E-state index contributed by atoms with van der Waals surface area (Å²) in [6.07, 6.45) is 0.687. The van der Waals surface area contributed by atoms with Crippen LogP contribution in [0.25, 0.3) is 0 Å². The van der Waals surface area contributed by atoms with Gasteiger partial charge in [0.15, 0.2) is 11.4 Å². The van der Waals surface area contributed by atoms with Gasteiger partial charge >= 0.3 is 12.1 Å². The second-order valence-corrected chi connectivity index (χ2v) is 5.45. The van der Waals surface area contributed by atoms with Gasteiger partial charge < -0.3 is 4.74 Å². The van der Waals surface area contributed by atoms with Gasteiger partial charge in [-0.05, 0) is 12.1 Å². The highest BCUT2D eigenvalue weighted by Crippen LogP contribution is 2.45. The molecule has 0 spiro atoms. The molecule has 0 radical (unpaired) electrons. The Kier molecular flexibility index (Phi) is 4.63. The van der Waals surface area contributed by atoms with Crippen LogP contribution in [0.1, 0.15) is 11.1 Å². The second-order valence-electron chi connectivity index (χ2n) is 4.64. The molecule has 0 aliphatic carbocycles. The Morgan fingerprint density at radius 1 is 1.38 bits per heavy atom. The van der Waals surface area contributed by atoms with E-state index in [-0.39, 0.29) is 16.8 Å². The molecule has 1 aromatic carbocycles. The first kappa shape index (κ1) is 18.3. The maximum Gasteiger partial charge on any atom is 0.416 e. The Bertz CT molecular complexity index is 805. The van der Waals surface area contributed by atoms with Crippen LogP contribution in [0.3, 0.4) is 0 Å². The van der Waals surface area contributed by atoms with Crippen LogP contribution < -0.4 is 5.73 Å². The highest BCUT2D eigenvalue weighted by atomic mass is 35.5. The predicted octanol–water partition coefficient (Wildman–Crippen LogP) is 3.65. The zero-order chi connectivity index (χ0) is 18.3. The van der Waals surface area contributed by atoms with Crippen LogP contribution in [0, 0.1) is 12.3 Å². The second kappa shape index (κ2) is 6.09. The fourth-order valence-corrected chi connectivity index (χ4v) is 2.88. The third kappa shape index (κ3) is 2.86. The fraction of sp³-hybridized carbons (Fsp3) is 0.214. The Balaban J connectivity index is 2.69. The Morgan fingerprint density at radius 3 is 2.33 bits per heavy atom. The van der Waals surface area contributed by atoms with Gasteiger partial charge in [-0.15, -0.1) is 11.5 Å². The van der Waals surface area contributed by atoms with Crippen LogP contribution >= 0.6 is 23.2 Å². The summed E-state index contributed by atoms with van der Waals surface area (Å²) in [5.41, 5.74) is 2.24. The van der Waals surface area contributed by atoms with Crippen LogP contribution in [-0.2, 0) is 21.4 Å². The molecule has 2 N–H and O–H groups in total. The molecule has 2 rings (SSSR count). The topological polar surface area (TPSA) is 77.0 Å². The number of methoxy groups -OCH3 is 1. The number of benzene rings is 1. The van der Waals surface area contributed by atoms with Gasteiger partial charge in [-0.25, -0.2) is 4.79 Å². The van der Waals surface area contributed by atoms with Gasteiger partial charge in [0.1, 0.15) is 0 Å². The third-order valence-electron chi connectivity index (χ3n) is 3.20. The van der Waals surface area contributed by atoms with Gasteiger partial charge in [0.25, 0.3) is 0 Å². The van der Waals surface area contributed by atoms with Crippen molar-refractivity contribution in [3.8, 4) is 12.3 Å². The van der Waals surface area contributed by atoms with E-state index in [0.29, 0.717) is 12.1 Å². The smallest absolute Gasteiger partial charge is 0.416 e. The largest absolute Gasteiger partial charge is 0.464 e. The molecule has 1 aliphatic rings. The van der Waals surface area contributed by atoms with Crippen LogP contribution in [0.15, 0.2) is 33.6 Å². The summed E-state index contributed by atoms with van der Waals surface area (Å²) in [7, 11) is 1.09. The number of rotatable bonds is 2. The summed E-state index contributed by atoms with van der Waals surface area (Å²) in [6.45, 7) is 0. The molecule has 5 nitrogen and oxygen atoms in total. The van der Waals surface area contributed by atoms with E-state index >= 15 is 0 Å². The molecule has 0 bridgehead atoms. The zero-order valence-electron chi connectivity index (χ0n) is 11.9. The normalized spacial score (nSPS) is 20.2. The highest BCUT2D eigenvalue weighted by Gasteiger charge is 2.44. The van der Waals surface area contributed by atoms with Crippen molar-refractivity contribution in [2.45, 2.75) is 11.8 Å². The van der Waals surface area contributed by atoms with Crippen molar-refractivity contribution in [3.05, 3.63) is 44.6 Å². The van der Waals surface area contributed by atoms with E-state index in [4.69, 9.17) is 35.4 Å². The lowest BCUT2D eigenvalue weighted by Gasteiger charge is -2.24. The lowest BCUT2D eigenvalue weighted by Crippen LogP contribution is -2.36. The van der Waals surface area contributed by atoms with Crippen LogP contribution in [0.5, 0.6) is 0 Å². The standard InChI is InChI=1S/C14H8Cl2F3N3O2/c1-3-7-11(12(23)24-2)21-22-13(7,20)10-8(15)4-6(5-9(10)16)14(17,18)19/h1,4-5H,20H2,2H3. The average Bonchev–Trinajstić information content (AvgIpc) is 2.82. The maximum atomic E-state index is 12.8. The SMILES string of the molecule is C#CC1=C(C(=O)OC)N=NC1(N)c1c(Cl)cc(C(F)(F)F)cc1Cl. The Morgan fingerprint density at radius 2 is 1.92 bits per heavy atom. The van der Waals surface area contributed by atoms with E-state index in [1.165, 1.54) is 0 Å². The molecule has 24 heavy (non-hydrogen) atoms. The fourth-order valence-electron chi connectivity index (χ4n) is 2.10. The molecule has 0 saturated heterocycles. The van der Waals surface area contributed by atoms with Crippen molar-refractivity contribution in [2.75, 3.05) is 7.11 Å². The molecule has 0 fully saturated rings. The molecule has 0 amide bonds. The quantitative estimate of drug-likeness (QED) is 0.631. The summed E-state index contributed by atoms with van der Waals surface area (Å²) in [4.78, 5) is 11.7. The van der Waals surface area contributed by atoms with Crippen LogP contribution in [0.4, 0.5) is 13.2 Å². The summed E-state index contributed by atoms with van der Waals surface area (Å²) < 4.78 is 42.9. The molecular weight excluding hydrogens is 370 g/mol. The van der Waals surface area contributed by atoms with Crippen LogP contribution in [-0.4, -0.2) is 13.1 Å². The van der Waals surface area contributed by atoms with Gasteiger partial charge in [0, 0.05) is 5.56 Å². The molecule has 1 heterocycles. The molecule has 0 saturated carbocycles. The van der Waals surface area contributed by atoms with E-state index in [2.05, 4.69) is 20.9 Å².